The molecule has 4 atom stereocenters. The number of anilines is 1. The van der Waals surface area contributed by atoms with Gasteiger partial charge in [0.25, 0.3) is 0 Å². The lowest BCUT2D eigenvalue weighted by atomic mass is 9.72. The average molecular weight is 236 g/mol. The third-order valence-electron chi connectivity index (χ3n) is 3.61. The highest BCUT2D eigenvalue weighted by molar-refractivity contribution is 5.32. The molecular formula is C11H16N4O2. The van der Waals surface area contributed by atoms with E-state index in [2.05, 4.69) is 15.3 Å². The van der Waals surface area contributed by atoms with E-state index >= 15 is 0 Å². The maximum Gasteiger partial charge on any atom is 0.223 e. The number of nitrogens with zero attached hydrogens (tertiary/aromatic N) is 2. The lowest BCUT2D eigenvalue weighted by Gasteiger charge is -2.45. The van der Waals surface area contributed by atoms with Gasteiger partial charge >= 0.3 is 0 Å². The molecule has 0 bridgehead atoms. The Morgan fingerprint density at radius 1 is 1.47 bits per heavy atom. The number of aromatic nitrogens is 2. The Morgan fingerprint density at radius 3 is 2.94 bits per heavy atom. The first-order valence-corrected chi connectivity index (χ1v) is 5.79. The van der Waals surface area contributed by atoms with Gasteiger partial charge < -0.3 is 20.5 Å². The summed E-state index contributed by atoms with van der Waals surface area (Å²) in [5.74, 6) is 1.70. The van der Waals surface area contributed by atoms with Gasteiger partial charge in [0.15, 0.2) is 5.75 Å². The quantitative estimate of drug-likeness (QED) is 0.769. The maximum absolute atomic E-state index is 6.09. The smallest absolute Gasteiger partial charge is 0.223 e. The average Bonchev–Trinajstić information content (AvgIpc) is 2.81. The van der Waals surface area contributed by atoms with Crippen molar-refractivity contribution < 1.29 is 9.47 Å². The number of nitrogens with one attached hydrogen (secondary N) is 1. The van der Waals surface area contributed by atoms with Crippen molar-refractivity contribution in [3.8, 4) is 5.75 Å². The molecule has 0 radical (unpaired) electrons. The van der Waals surface area contributed by atoms with Crippen molar-refractivity contribution >= 4 is 5.95 Å². The lowest BCUT2D eigenvalue weighted by Crippen LogP contribution is -2.65. The minimum Gasteiger partial charge on any atom is -0.494 e. The molecule has 2 heterocycles. The zero-order chi connectivity index (χ0) is 11.8. The minimum absolute atomic E-state index is 0.121. The number of methoxy groups -OCH3 is 1. The summed E-state index contributed by atoms with van der Waals surface area (Å²) in [6, 6.07) is 0.254. The van der Waals surface area contributed by atoms with Crippen molar-refractivity contribution in [3.63, 3.8) is 0 Å². The molecule has 3 N–H and O–H groups in total. The molecule has 0 amide bonds. The van der Waals surface area contributed by atoms with Gasteiger partial charge in [-0.1, -0.05) is 0 Å². The number of hydrogen-bond acceptors (Lipinski definition) is 6. The van der Waals surface area contributed by atoms with Gasteiger partial charge in [-0.05, 0) is 6.42 Å². The van der Waals surface area contributed by atoms with Crippen molar-refractivity contribution in [2.45, 2.75) is 24.6 Å². The van der Waals surface area contributed by atoms with Gasteiger partial charge in [-0.2, -0.15) is 0 Å². The minimum atomic E-state index is 0.121. The number of nitrogens with two attached hydrogens (primary N) is 1. The summed E-state index contributed by atoms with van der Waals surface area (Å²) >= 11 is 0. The van der Waals surface area contributed by atoms with Crippen molar-refractivity contribution in [2.75, 3.05) is 19.0 Å². The molecule has 2 fully saturated rings. The van der Waals surface area contributed by atoms with E-state index in [1.165, 1.54) is 0 Å². The monoisotopic (exact) mass is 236 g/mol. The van der Waals surface area contributed by atoms with E-state index in [1.807, 2.05) is 0 Å². The van der Waals surface area contributed by atoms with Gasteiger partial charge in [-0.25, -0.2) is 9.97 Å². The van der Waals surface area contributed by atoms with Crippen LogP contribution in [0.15, 0.2) is 12.4 Å². The second-order valence-corrected chi connectivity index (χ2v) is 4.48. The van der Waals surface area contributed by atoms with Crippen LogP contribution in [0.4, 0.5) is 5.95 Å². The number of fused-ring (bicyclic) bond motifs is 1. The van der Waals surface area contributed by atoms with Crippen molar-refractivity contribution in [1.82, 2.24) is 9.97 Å². The van der Waals surface area contributed by atoms with Crippen molar-refractivity contribution in [3.05, 3.63) is 12.4 Å². The SMILES string of the molecule is COc1cnc(NC2C(N)C3CCOC32)nc1. The van der Waals surface area contributed by atoms with E-state index < -0.39 is 0 Å². The molecule has 1 saturated heterocycles. The fourth-order valence-corrected chi connectivity index (χ4v) is 2.57. The summed E-state index contributed by atoms with van der Waals surface area (Å²) in [5, 5.41) is 3.22. The Bertz CT molecular complexity index is 397. The molecule has 6 nitrogen and oxygen atoms in total. The zero-order valence-corrected chi connectivity index (χ0v) is 9.67. The van der Waals surface area contributed by atoms with Crippen LogP contribution in [-0.4, -0.2) is 41.9 Å². The first kappa shape index (κ1) is 10.7. The van der Waals surface area contributed by atoms with Gasteiger partial charge in [0.1, 0.15) is 0 Å². The van der Waals surface area contributed by atoms with Crippen LogP contribution >= 0.6 is 0 Å². The van der Waals surface area contributed by atoms with Crippen LogP contribution in [0.25, 0.3) is 0 Å². The summed E-state index contributed by atoms with van der Waals surface area (Å²) in [7, 11) is 1.59. The van der Waals surface area contributed by atoms with Crippen LogP contribution < -0.4 is 15.8 Å². The first-order valence-electron chi connectivity index (χ1n) is 5.79. The predicted molar refractivity (Wildman–Crippen MR) is 61.8 cm³/mol. The van der Waals surface area contributed by atoms with E-state index in [0.29, 0.717) is 17.6 Å². The van der Waals surface area contributed by atoms with E-state index in [9.17, 15) is 0 Å². The van der Waals surface area contributed by atoms with Crippen LogP contribution in [0.5, 0.6) is 5.75 Å². The molecule has 1 aliphatic heterocycles. The lowest BCUT2D eigenvalue weighted by molar-refractivity contribution is 0.00509. The van der Waals surface area contributed by atoms with E-state index in [-0.39, 0.29) is 18.2 Å². The highest BCUT2D eigenvalue weighted by Crippen LogP contribution is 2.38. The van der Waals surface area contributed by atoms with E-state index in [1.54, 1.807) is 19.5 Å². The predicted octanol–water partition coefficient (Wildman–Crippen LogP) is 0.0117. The van der Waals surface area contributed by atoms with Gasteiger partial charge in [-0.15, -0.1) is 0 Å². The molecule has 1 aromatic heterocycles. The summed E-state index contributed by atoms with van der Waals surface area (Å²) < 4.78 is 10.6. The number of hydrogen-bond donors (Lipinski definition) is 2. The molecule has 1 aromatic rings. The highest BCUT2D eigenvalue weighted by atomic mass is 16.5. The first-order chi connectivity index (χ1) is 8.29. The normalized spacial score (nSPS) is 34.9. The van der Waals surface area contributed by atoms with Crippen LogP contribution in [0.1, 0.15) is 6.42 Å². The Kier molecular flexibility index (Phi) is 2.60. The Balaban J connectivity index is 1.66. The molecule has 1 saturated carbocycles. The second-order valence-electron chi connectivity index (χ2n) is 4.48. The van der Waals surface area contributed by atoms with Gasteiger partial charge in [-0.3, -0.25) is 0 Å². The Labute approximate surface area is 99.5 Å². The molecule has 0 aromatic carbocycles. The highest BCUT2D eigenvalue weighted by Gasteiger charge is 2.52. The fraction of sp³-hybridized carbons (Fsp3) is 0.636. The summed E-state index contributed by atoms with van der Waals surface area (Å²) in [5.41, 5.74) is 6.09. The van der Waals surface area contributed by atoms with Crippen molar-refractivity contribution in [1.29, 1.82) is 0 Å². The summed E-state index contributed by atoms with van der Waals surface area (Å²) in [6.45, 7) is 0.810. The number of rotatable bonds is 3. The van der Waals surface area contributed by atoms with Crippen LogP contribution in [-0.2, 0) is 4.74 Å². The molecule has 4 unspecified atom stereocenters. The molecule has 1 aliphatic carbocycles. The summed E-state index contributed by atoms with van der Waals surface area (Å²) in [4.78, 5) is 8.32. The standard InChI is InChI=1S/C11H16N4O2/c1-16-6-4-13-11(14-5-6)15-9-8(12)7-2-3-17-10(7)9/h4-5,7-10H,2-3,12H2,1H3,(H,13,14,15). The molecule has 92 valence electrons. The molecule has 3 rings (SSSR count). The summed E-state index contributed by atoms with van der Waals surface area (Å²) in [6.07, 6.45) is 4.54. The Morgan fingerprint density at radius 2 is 2.24 bits per heavy atom. The topological polar surface area (TPSA) is 82.3 Å². The van der Waals surface area contributed by atoms with Gasteiger partial charge in [0, 0.05) is 18.6 Å². The van der Waals surface area contributed by atoms with Crippen LogP contribution in [0, 0.1) is 5.92 Å². The maximum atomic E-state index is 6.09. The molecule has 6 heteroatoms. The molecule has 2 aliphatic rings. The van der Waals surface area contributed by atoms with Gasteiger partial charge in [0.2, 0.25) is 5.95 Å². The fourth-order valence-electron chi connectivity index (χ4n) is 2.57. The molecular weight excluding hydrogens is 220 g/mol. The van der Waals surface area contributed by atoms with Crippen LogP contribution in [0.2, 0.25) is 0 Å². The van der Waals surface area contributed by atoms with Crippen molar-refractivity contribution in [2.24, 2.45) is 11.7 Å². The van der Waals surface area contributed by atoms with Crippen LogP contribution in [0.3, 0.4) is 0 Å². The number of ether oxygens (including phenoxy) is 2. The molecule has 17 heavy (non-hydrogen) atoms. The van der Waals surface area contributed by atoms with E-state index in [4.69, 9.17) is 15.2 Å². The van der Waals surface area contributed by atoms with E-state index in [0.717, 1.165) is 13.0 Å². The third kappa shape index (κ3) is 1.73. The molecule has 0 spiro atoms. The second kappa shape index (κ2) is 4.12. The largest absolute Gasteiger partial charge is 0.494 e. The zero-order valence-electron chi connectivity index (χ0n) is 9.67. The Hall–Kier alpha value is -1.40. The van der Waals surface area contributed by atoms with Gasteiger partial charge in [0.05, 0.1) is 31.6 Å². The third-order valence-corrected chi connectivity index (χ3v) is 3.61.